The third-order valence-electron chi connectivity index (χ3n) is 3.67. The second-order valence-corrected chi connectivity index (χ2v) is 5.66. The molecule has 0 aliphatic carbocycles. The quantitative estimate of drug-likeness (QED) is 0.531. The second-order valence-electron chi connectivity index (χ2n) is 5.66. The molecule has 0 saturated heterocycles. The number of ether oxygens (including phenoxy) is 1. The lowest BCUT2D eigenvalue weighted by atomic mass is 10.1. The van der Waals surface area contributed by atoms with E-state index < -0.39 is 6.10 Å². The minimum absolute atomic E-state index is 0.354. The number of hydrogen-bond donors (Lipinski definition) is 1. The van der Waals surface area contributed by atoms with Crippen molar-refractivity contribution in [3.05, 3.63) is 48.0 Å². The average Bonchev–Trinajstić information content (AvgIpc) is 2.46. The lowest BCUT2D eigenvalue weighted by Crippen LogP contribution is -2.39. The Morgan fingerprint density at radius 1 is 1.43 bits per heavy atom. The molecule has 0 saturated carbocycles. The molecule has 0 bridgehead atoms. The van der Waals surface area contributed by atoms with Crippen LogP contribution in [0.1, 0.15) is 31.4 Å². The van der Waals surface area contributed by atoms with Gasteiger partial charge >= 0.3 is 0 Å². The minimum atomic E-state index is -0.469. The summed E-state index contributed by atoms with van der Waals surface area (Å²) in [5.41, 5.74) is 2.56. The van der Waals surface area contributed by atoms with Crippen molar-refractivity contribution in [1.82, 2.24) is 4.90 Å². The molecule has 118 valence electrons. The van der Waals surface area contributed by atoms with Crippen molar-refractivity contribution < 1.29 is 9.84 Å². The molecule has 21 heavy (non-hydrogen) atoms. The lowest BCUT2D eigenvalue weighted by molar-refractivity contribution is 0.0157. The van der Waals surface area contributed by atoms with E-state index in [1.54, 1.807) is 6.08 Å². The van der Waals surface area contributed by atoms with Crippen LogP contribution in [0.2, 0.25) is 0 Å². The van der Waals surface area contributed by atoms with Crippen LogP contribution in [-0.4, -0.2) is 41.9 Å². The van der Waals surface area contributed by atoms with Crippen molar-refractivity contribution in [3.8, 4) is 0 Å². The number of hydrogen-bond acceptors (Lipinski definition) is 3. The molecular formula is C18H29NO2. The molecule has 3 nitrogen and oxygen atoms in total. The Morgan fingerprint density at radius 3 is 2.81 bits per heavy atom. The van der Waals surface area contributed by atoms with Gasteiger partial charge in [-0.2, -0.15) is 0 Å². The summed E-state index contributed by atoms with van der Waals surface area (Å²) in [6, 6.07) is 8.97. The Hall–Kier alpha value is -1.16. The molecule has 1 aromatic rings. The molecule has 0 amide bonds. The zero-order chi connectivity index (χ0) is 15.7. The average molecular weight is 291 g/mol. The summed E-state index contributed by atoms with van der Waals surface area (Å²) in [6.07, 6.45) is 2.29. The molecule has 0 spiro atoms. The van der Waals surface area contributed by atoms with Gasteiger partial charge in [0.05, 0.1) is 19.3 Å². The topological polar surface area (TPSA) is 32.7 Å². The van der Waals surface area contributed by atoms with Crippen LogP contribution in [0, 0.1) is 6.92 Å². The van der Waals surface area contributed by atoms with Gasteiger partial charge < -0.3 is 9.84 Å². The summed E-state index contributed by atoms with van der Waals surface area (Å²) in [4.78, 5) is 2.32. The van der Waals surface area contributed by atoms with Crippen molar-refractivity contribution in [2.24, 2.45) is 0 Å². The van der Waals surface area contributed by atoms with Gasteiger partial charge in [0.1, 0.15) is 0 Å². The lowest BCUT2D eigenvalue weighted by Gasteiger charge is -2.30. The van der Waals surface area contributed by atoms with Crippen LogP contribution in [0.5, 0.6) is 0 Å². The Balaban J connectivity index is 2.61. The van der Waals surface area contributed by atoms with E-state index >= 15 is 0 Å². The van der Waals surface area contributed by atoms with Gasteiger partial charge in [0.2, 0.25) is 0 Å². The molecule has 0 heterocycles. The molecule has 1 aromatic carbocycles. The number of benzene rings is 1. The Morgan fingerprint density at radius 2 is 2.19 bits per heavy atom. The summed E-state index contributed by atoms with van der Waals surface area (Å²) >= 11 is 0. The van der Waals surface area contributed by atoms with E-state index in [4.69, 9.17) is 4.74 Å². The highest BCUT2D eigenvalue weighted by molar-refractivity contribution is 5.22. The first kappa shape index (κ1) is 17.9. The highest BCUT2D eigenvalue weighted by atomic mass is 16.5. The van der Waals surface area contributed by atoms with Gasteiger partial charge in [0, 0.05) is 19.1 Å². The van der Waals surface area contributed by atoms with Crippen LogP contribution in [-0.2, 0) is 11.3 Å². The Bertz CT molecular complexity index is 419. The molecular weight excluding hydrogens is 262 g/mol. The van der Waals surface area contributed by atoms with Gasteiger partial charge in [-0.25, -0.2) is 0 Å². The first-order valence-corrected chi connectivity index (χ1v) is 7.73. The fourth-order valence-corrected chi connectivity index (χ4v) is 2.31. The van der Waals surface area contributed by atoms with Crippen molar-refractivity contribution in [3.63, 3.8) is 0 Å². The van der Waals surface area contributed by atoms with Gasteiger partial charge in [-0.3, -0.25) is 4.90 Å². The van der Waals surface area contributed by atoms with Gasteiger partial charge in [0.15, 0.2) is 0 Å². The number of aryl methyl sites for hydroxylation is 1. The van der Waals surface area contributed by atoms with E-state index in [2.05, 4.69) is 56.5 Å². The van der Waals surface area contributed by atoms with Crippen LogP contribution in [0.25, 0.3) is 0 Å². The zero-order valence-corrected chi connectivity index (χ0v) is 13.6. The van der Waals surface area contributed by atoms with Gasteiger partial charge in [-0.1, -0.05) is 42.8 Å². The third-order valence-corrected chi connectivity index (χ3v) is 3.67. The highest BCUT2D eigenvalue weighted by Crippen LogP contribution is 2.13. The standard InChI is InChI=1S/C18H29NO2/c1-5-10-21-14-18(20)13-19(16(4)6-2)12-17-9-7-8-15(3)11-17/h5,7-9,11,16,18,20H,1,6,10,12-14H2,2-4H3. The third kappa shape index (κ3) is 6.89. The summed E-state index contributed by atoms with van der Waals surface area (Å²) in [7, 11) is 0. The number of aliphatic hydroxyl groups excluding tert-OH is 1. The van der Waals surface area contributed by atoms with Crippen LogP contribution < -0.4 is 0 Å². The largest absolute Gasteiger partial charge is 0.389 e. The molecule has 3 heteroatoms. The number of rotatable bonds is 10. The van der Waals surface area contributed by atoms with Crippen LogP contribution in [0.3, 0.4) is 0 Å². The molecule has 1 N–H and O–H groups in total. The fourth-order valence-electron chi connectivity index (χ4n) is 2.31. The fraction of sp³-hybridized carbons (Fsp3) is 0.556. The number of aliphatic hydroxyl groups is 1. The molecule has 1 rings (SSSR count). The van der Waals surface area contributed by atoms with Crippen LogP contribution in [0.4, 0.5) is 0 Å². The SMILES string of the molecule is C=CCOCC(O)CN(Cc1cccc(C)c1)C(C)CC. The Kier molecular flexibility index (Phi) is 8.28. The van der Waals surface area contributed by atoms with Crippen LogP contribution >= 0.6 is 0 Å². The van der Waals surface area contributed by atoms with Crippen LogP contribution in [0.15, 0.2) is 36.9 Å². The van der Waals surface area contributed by atoms with E-state index in [0.717, 1.165) is 13.0 Å². The van der Waals surface area contributed by atoms with Crippen molar-refractivity contribution in [2.75, 3.05) is 19.8 Å². The second kappa shape index (κ2) is 9.72. The van der Waals surface area contributed by atoms with E-state index in [0.29, 0.717) is 25.8 Å². The smallest absolute Gasteiger partial charge is 0.0900 e. The summed E-state index contributed by atoms with van der Waals surface area (Å²) in [6.45, 7) is 12.4. The monoisotopic (exact) mass is 291 g/mol. The molecule has 2 atom stereocenters. The maximum Gasteiger partial charge on any atom is 0.0900 e. The molecule has 0 aliphatic rings. The van der Waals surface area contributed by atoms with Crippen molar-refractivity contribution >= 4 is 0 Å². The maximum absolute atomic E-state index is 10.1. The predicted molar refractivity (Wildman–Crippen MR) is 88.4 cm³/mol. The molecule has 0 aromatic heterocycles. The molecule has 2 unspecified atom stereocenters. The summed E-state index contributed by atoms with van der Waals surface area (Å²) in [5.74, 6) is 0. The van der Waals surface area contributed by atoms with E-state index in [-0.39, 0.29) is 0 Å². The van der Waals surface area contributed by atoms with Gasteiger partial charge in [-0.15, -0.1) is 6.58 Å². The molecule has 0 fully saturated rings. The number of nitrogens with zero attached hydrogens (tertiary/aromatic N) is 1. The van der Waals surface area contributed by atoms with Crippen molar-refractivity contribution in [2.45, 2.75) is 45.9 Å². The summed E-state index contributed by atoms with van der Waals surface area (Å²) in [5, 5.41) is 10.1. The van der Waals surface area contributed by atoms with Gasteiger partial charge in [0.25, 0.3) is 0 Å². The normalized spacial score (nSPS) is 14.1. The van der Waals surface area contributed by atoms with Gasteiger partial charge in [-0.05, 0) is 25.8 Å². The van der Waals surface area contributed by atoms with Crippen molar-refractivity contribution in [1.29, 1.82) is 0 Å². The zero-order valence-electron chi connectivity index (χ0n) is 13.6. The molecule has 0 aliphatic heterocycles. The van der Waals surface area contributed by atoms with E-state index in [1.165, 1.54) is 11.1 Å². The minimum Gasteiger partial charge on any atom is -0.389 e. The predicted octanol–water partition coefficient (Wildman–Crippen LogP) is 3.16. The Labute approximate surface area is 129 Å². The first-order chi connectivity index (χ1) is 10.1. The highest BCUT2D eigenvalue weighted by Gasteiger charge is 2.17. The first-order valence-electron chi connectivity index (χ1n) is 7.73. The van der Waals surface area contributed by atoms with E-state index in [9.17, 15) is 5.11 Å². The summed E-state index contributed by atoms with van der Waals surface area (Å²) < 4.78 is 5.33. The molecule has 0 radical (unpaired) electrons. The van der Waals surface area contributed by atoms with E-state index in [1.807, 2.05) is 0 Å². The maximum atomic E-state index is 10.1.